The van der Waals surface area contributed by atoms with Gasteiger partial charge in [-0.1, -0.05) is 5.16 Å². The summed E-state index contributed by atoms with van der Waals surface area (Å²) in [6, 6.07) is 7.77. The van der Waals surface area contributed by atoms with E-state index in [0.29, 0.717) is 28.2 Å². The summed E-state index contributed by atoms with van der Waals surface area (Å²) in [6.45, 7) is 3.19. The van der Waals surface area contributed by atoms with E-state index in [0.717, 1.165) is 18.5 Å². The van der Waals surface area contributed by atoms with Crippen LogP contribution in [0.15, 0.2) is 34.9 Å². The normalized spacial score (nSPS) is 14.3. The monoisotopic (exact) mass is 408 g/mol. The highest BCUT2D eigenvalue weighted by Gasteiger charge is 2.30. The second-order valence-corrected chi connectivity index (χ2v) is 7.30. The van der Waals surface area contributed by atoms with E-state index in [4.69, 9.17) is 15.0 Å². The molecule has 0 bridgehead atoms. The van der Waals surface area contributed by atoms with Crippen LogP contribution in [0.5, 0.6) is 0 Å². The molecule has 0 radical (unpaired) electrons. The van der Waals surface area contributed by atoms with E-state index in [1.165, 1.54) is 19.1 Å². The number of esters is 1. The number of rotatable bonds is 6. The molecule has 2 aromatic heterocycles. The summed E-state index contributed by atoms with van der Waals surface area (Å²) in [5.74, 6) is -1.42. The molecule has 1 saturated carbocycles. The fourth-order valence-electron chi connectivity index (χ4n) is 3.10. The summed E-state index contributed by atoms with van der Waals surface area (Å²) in [6.07, 6.45) is 0.960. The Morgan fingerprint density at radius 1 is 1.23 bits per heavy atom. The number of nitrogens with one attached hydrogen (secondary N) is 1. The van der Waals surface area contributed by atoms with Gasteiger partial charge in [-0.05, 0) is 57.0 Å². The van der Waals surface area contributed by atoms with Gasteiger partial charge in [0, 0.05) is 22.9 Å². The largest absolute Gasteiger partial charge is 0.449 e. The van der Waals surface area contributed by atoms with E-state index in [1.807, 2.05) is 0 Å². The van der Waals surface area contributed by atoms with E-state index in [2.05, 4.69) is 15.5 Å². The number of hydrogen-bond acceptors (Lipinski definition) is 7. The van der Waals surface area contributed by atoms with Crippen LogP contribution in [-0.2, 0) is 9.53 Å². The van der Waals surface area contributed by atoms with Crippen LogP contribution in [-0.4, -0.2) is 34.0 Å². The predicted octanol–water partition coefficient (Wildman–Crippen LogP) is 2.69. The van der Waals surface area contributed by atoms with Crippen molar-refractivity contribution in [2.24, 2.45) is 5.73 Å². The maximum Gasteiger partial charge on any atom is 0.339 e. The molecule has 0 saturated heterocycles. The van der Waals surface area contributed by atoms with E-state index >= 15 is 0 Å². The quantitative estimate of drug-likeness (QED) is 0.598. The zero-order valence-electron chi connectivity index (χ0n) is 16.5. The summed E-state index contributed by atoms with van der Waals surface area (Å²) in [5, 5.41) is 7.01. The van der Waals surface area contributed by atoms with Gasteiger partial charge in [-0.15, -0.1) is 0 Å². The number of aromatic nitrogens is 2. The molecule has 2 amide bonds. The summed E-state index contributed by atoms with van der Waals surface area (Å²) >= 11 is 0. The number of primary amides is 1. The van der Waals surface area contributed by atoms with Crippen LogP contribution in [0.1, 0.15) is 57.8 Å². The summed E-state index contributed by atoms with van der Waals surface area (Å²) in [5.41, 5.74) is 7.83. The molecule has 1 atom stereocenters. The van der Waals surface area contributed by atoms with Crippen LogP contribution in [0.2, 0.25) is 0 Å². The molecule has 2 heterocycles. The lowest BCUT2D eigenvalue weighted by atomic mass is 10.1. The molecule has 3 N–H and O–H groups in total. The van der Waals surface area contributed by atoms with Gasteiger partial charge in [0.05, 0.1) is 16.6 Å². The van der Waals surface area contributed by atoms with Gasteiger partial charge in [-0.25, -0.2) is 9.78 Å². The molecular formula is C21H20N4O5. The Balaban J connectivity index is 1.49. The molecule has 154 valence electrons. The molecule has 0 aliphatic heterocycles. The number of benzene rings is 1. The van der Waals surface area contributed by atoms with Crippen LogP contribution >= 0.6 is 0 Å². The van der Waals surface area contributed by atoms with Gasteiger partial charge in [-0.2, -0.15) is 0 Å². The standard InChI is InChI=1S/C21H20N4O5/c1-10-17-15(9-16(12-3-4-12)24-20(17)30-25-10)21(28)29-11(2)19(27)23-14-7-5-13(6-8-14)18(22)26/h5-9,11-12H,3-4H2,1-2H3,(H2,22,26)(H,23,27). The molecule has 3 aromatic rings. The zero-order valence-corrected chi connectivity index (χ0v) is 16.5. The minimum absolute atomic E-state index is 0.283. The van der Waals surface area contributed by atoms with Crippen LogP contribution < -0.4 is 11.1 Å². The van der Waals surface area contributed by atoms with E-state index in [9.17, 15) is 14.4 Å². The third kappa shape index (κ3) is 3.86. The van der Waals surface area contributed by atoms with Gasteiger partial charge in [-0.3, -0.25) is 9.59 Å². The van der Waals surface area contributed by atoms with Gasteiger partial charge in [0.2, 0.25) is 5.91 Å². The van der Waals surface area contributed by atoms with Crippen molar-refractivity contribution in [3.8, 4) is 0 Å². The number of carbonyl (C=O) groups is 3. The van der Waals surface area contributed by atoms with Crippen molar-refractivity contribution in [3.63, 3.8) is 0 Å². The topological polar surface area (TPSA) is 137 Å². The van der Waals surface area contributed by atoms with Gasteiger partial charge in [0.1, 0.15) is 0 Å². The first-order valence-electron chi connectivity index (χ1n) is 9.52. The average Bonchev–Trinajstić information content (AvgIpc) is 3.51. The Morgan fingerprint density at radius 3 is 2.57 bits per heavy atom. The number of nitrogens with zero attached hydrogens (tertiary/aromatic N) is 2. The number of nitrogens with two attached hydrogens (primary N) is 1. The predicted molar refractivity (Wildman–Crippen MR) is 107 cm³/mol. The summed E-state index contributed by atoms with van der Waals surface area (Å²) < 4.78 is 10.6. The Bertz CT molecular complexity index is 1150. The highest BCUT2D eigenvalue weighted by molar-refractivity contribution is 6.05. The van der Waals surface area contributed by atoms with Gasteiger partial charge in [0.25, 0.3) is 11.6 Å². The number of aryl methyl sites for hydroxylation is 1. The van der Waals surface area contributed by atoms with Crippen LogP contribution in [0.4, 0.5) is 5.69 Å². The molecule has 0 spiro atoms. The van der Waals surface area contributed by atoms with Crippen LogP contribution in [0.3, 0.4) is 0 Å². The Morgan fingerprint density at radius 2 is 1.93 bits per heavy atom. The van der Waals surface area contributed by atoms with Gasteiger partial charge < -0.3 is 20.3 Å². The zero-order chi connectivity index (χ0) is 21.4. The number of carbonyl (C=O) groups excluding carboxylic acids is 3. The lowest BCUT2D eigenvalue weighted by Crippen LogP contribution is -2.30. The second-order valence-electron chi connectivity index (χ2n) is 7.30. The van der Waals surface area contributed by atoms with Crippen molar-refractivity contribution < 1.29 is 23.6 Å². The lowest BCUT2D eigenvalue weighted by Gasteiger charge is -2.14. The van der Waals surface area contributed by atoms with Crippen LogP contribution in [0.25, 0.3) is 11.1 Å². The second kappa shape index (κ2) is 7.58. The fourth-order valence-corrected chi connectivity index (χ4v) is 3.10. The van der Waals surface area contributed by atoms with Crippen molar-refractivity contribution in [3.05, 3.63) is 52.8 Å². The smallest absolute Gasteiger partial charge is 0.339 e. The maximum atomic E-state index is 12.8. The third-order valence-corrected chi connectivity index (χ3v) is 4.94. The molecule has 1 fully saturated rings. The molecule has 30 heavy (non-hydrogen) atoms. The number of ether oxygens (including phenoxy) is 1. The SMILES string of the molecule is Cc1noc2nc(C3CC3)cc(C(=O)OC(C)C(=O)Nc3ccc(C(N)=O)cc3)c12. The number of amides is 2. The van der Waals surface area contributed by atoms with E-state index < -0.39 is 23.9 Å². The first-order chi connectivity index (χ1) is 14.3. The first-order valence-corrected chi connectivity index (χ1v) is 9.52. The Kier molecular flexibility index (Phi) is 4.94. The Hall–Kier alpha value is -3.75. The van der Waals surface area contributed by atoms with Crippen molar-refractivity contribution >= 4 is 34.6 Å². The molecule has 4 rings (SSSR count). The van der Waals surface area contributed by atoms with Gasteiger partial charge >= 0.3 is 5.97 Å². The van der Waals surface area contributed by atoms with Crippen molar-refractivity contribution in [1.29, 1.82) is 0 Å². The minimum Gasteiger partial charge on any atom is -0.449 e. The molecule has 9 nitrogen and oxygen atoms in total. The van der Waals surface area contributed by atoms with Gasteiger partial charge in [0.15, 0.2) is 6.10 Å². The maximum absolute atomic E-state index is 12.8. The van der Waals surface area contributed by atoms with Crippen LogP contribution in [0, 0.1) is 6.92 Å². The highest BCUT2D eigenvalue weighted by Crippen LogP contribution is 2.40. The van der Waals surface area contributed by atoms with E-state index in [-0.39, 0.29) is 11.3 Å². The number of pyridine rings is 1. The first kappa shape index (κ1) is 19.6. The molecule has 1 aliphatic carbocycles. The molecule has 1 aliphatic rings. The highest BCUT2D eigenvalue weighted by atomic mass is 16.5. The third-order valence-electron chi connectivity index (χ3n) is 4.94. The molecule has 1 aromatic carbocycles. The molecule has 1 unspecified atom stereocenters. The number of hydrogen-bond donors (Lipinski definition) is 2. The van der Waals surface area contributed by atoms with Crippen molar-refractivity contribution in [2.45, 2.75) is 38.7 Å². The van der Waals surface area contributed by atoms with Crippen molar-refractivity contribution in [2.75, 3.05) is 5.32 Å². The summed E-state index contributed by atoms with van der Waals surface area (Å²) in [4.78, 5) is 40.9. The Labute approximate surface area is 171 Å². The number of anilines is 1. The molecule has 9 heteroatoms. The van der Waals surface area contributed by atoms with E-state index in [1.54, 1.807) is 25.1 Å². The summed E-state index contributed by atoms with van der Waals surface area (Å²) in [7, 11) is 0. The van der Waals surface area contributed by atoms with Crippen molar-refractivity contribution in [1.82, 2.24) is 10.1 Å². The lowest BCUT2D eigenvalue weighted by molar-refractivity contribution is -0.123. The minimum atomic E-state index is -1.05. The molecular weight excluding hydrogens is 388 g/mol. The fraction of sp³-hybridized carbons (Fsp3) is 0.286. The number of fused-ring (bicyclic) bond motifs is 1. The average molecular weight is 408 g/mol.